The molecule has 7 aliphatic rings. The molecule has 1 unspecified atom stereocenters. The second-order valence-electron chi connectivity index (χ2n) is 10.4. The highest BCUT2D eigenvalue weighted by Crippen LogP contribution is 2.89. The van der Waals surface area contributed by atoms with Gasteiger partial charge in [-0.2, -0.15) is 0 Å². The fraction of sp³-hybridized carbons (Fsp3) is 0.857. The molecule has 3 aliphatic heterocycles. The summed E-state index contributed by atoms with van der Waals surface area (Å²) in [5, 5.41) is 11.5. The molecule has 2 saturated heterocycles. The molecule has 0 radical (unpaired) electrons. The number of hydrogen-bond acceptors (Lipinski definition) is 5. The summed E-state index contributed by atoms with van der Waals surface area (Å²) >= 11 is 0. The van der Waals surface area contributed by atoms with Crippen molar-refractivity contribution < 1.29 is 24.1 Å². The van der Waals surface area contributed by atoms with E-state index in [1.54, 1.807) is 0 Å². The first kappa shape index (κ1) is 15.1. The molecular formula is C21H26O5. The molecule has 0 amide bonds. The van der Waals surface area contributed by atoms with E-state index in [-0.39, 0.29) is 29.0 Å². The van der Waals surface area contributed by atoms with Gasteiger partial charge in [0.15, 0.2) is 0 Å². The van der Waals surface area contributed by atoms with E-state index in [1.807, 2.05) is 0 Å². The summed E-state index contributed by atoms with van der Waals surface area (Å²) in [4.78, 5) is 12.1. The highest BCUT2D eigenvalue weighted by Gasteiger charge is 2.98. The van der Waals surface area contributed by atoms with E-state index in [0.29, 0.717) is 24.4 Å². The highest BCUT2D eigenvalue weighted by molar-refractivity contribution is 5.92. The van der Waals surface area contributed by atoms with Crippen LogP contribution in [0.4, 0.5) is 0 Å². The smallest absolute Gasteiger partial charge is 0.334 e. The van der Waals surface area contributed by atoms with E-state index < -0.39 is 17.3 Å². The Bertz CT molecular complexity index is 817. The first-order chi connectivity index (χ1) is 12.3. The summed E-state index contributed by atoms with van der Waals surface area (Å²) in [6.45, 7) is 7.20. The van der Waals surface area contributed by atoms with Crippen LogP contribution in [-0.2, 0) is 19.0 Å². The number of esters is 1. The summed E-state index contributed by atoms with van der Waals surface area (Å²) in [7, 11) is 0. The second-order valence-corrected chi connectivity index (χ2v) is 10.4. The van der Waals surface area contributed by atoms with Gasteiger partial charge in [-0.25, -0.2) is 4.79 Å². The lowest BCUT2D eigenvalue weighted by atomic mass is 9.45. The van der Waals surface area contributed by atoms with Gasteiger partial charge in [0.1, 0.15) is 23.9 Å². The number of epoxide rings is 2. The second kappa shape index (κ2) is 3.81. The summed E-state index contributed by atoms with van der Waals surface area (Å²) in [6, 6.07) is 0. The van der Waals surface area contributed by atoms with Crippen molar-refractivity contribution in [2.24, 2.45) is 28.6 Å². The van der Waals surface area contributed by atoms with Crippen molar-refractivity contribution in [2.75, 3.05) is 6.61 Å². The SMILES string of the molecule is CC(C)C12O[C@H]1[C@@H]1C[C@]13[C@]1(O[C@H]1C[C@H]1C4=C(CC[C@@]13C)C(=O)OC4)[C@@H]2O. The van der Waals surface area contributed by atoms with E-state index in [1.165, 1.54) is 5.57 Å². The van der Waals surface area contributed by atoms with Crippen LogP contribution < -0.4 is 0 Å². The Hall–Kier alpha value is -0.910. The zero-order valence-electron chi connectivity index (χ0n) is 15.6. The Morgan fingerprint density at radius 2 is 2.08 bits per heavy atom. The minimum Gasteiger partial charge on any atom is -0.458 e. The van der Waals surface area contributed by atoms with Gasteiger partial charge >= 0.3 is 5.97 Å². The molecule has 2 spiro atoms. The van der Waals surface area contributed by atoms with Gasteiger partial charge in [0.05, 0.1) is 12.2 Å². The lowest BCUT2D eigenvalue weighted by molar-refractivity contribution is -0.136. The predicted octanol–water partition coefficient (Wildman–Crippen LogP) is 1.97. The number of aliphatic hydroxyl groups excluding tert-OH is 1. The lowest BCUT2D eigenvalue weighted by Crippen LogP contribution is -2.64. The van der Waals surface area contributed by atoms with Gasteiger partial charge in [0.25, 0.3) is 0 Å². The van der Waals surface area contributed by atoms with Gasteiger partial charge in [-0.3, -0.25) is 0 Å². The summed E-state index contributed by atoms with van der Waals surface area (Å²) in [5.74, 6) is 1.04. The van der Waals surface area contributed by atoms with Crippen molar-refractivity contribution >= 4 is 5.97 Å². The maximum atomic E-state index is 12.1. The van der Waals surface area contributed by atoms with E-state index in [9.17, 15) is 9.90 Å². The van der Waals surface area contributed by atoms with Crippen molar-refractivity contribution in [1.29, 1.82) is 0 Å². The molecule has 4 aliphatic carbocycles. The number of hydrogen-bond donors (Lipinski definition) is 1. The Balaban J connectivity index is 1.39. The Morgan fingerprint density at radius 1 is 1.27 bits per heavy atom. The van der Waals surface area contributed by atoms with Crippen molar-refractivity contribution in [2.45, 2.75) is 76.0 Å². The Kier molecular flexibility index (Phi) is 2.21. The van der Waals surface area contributed by atoms with Gasteiger partial charge in [0.2, 0.25) is 0 Å². The molecule has 3 heterocycles. The lowest BCUT2D eigenvalue weighted by Gasteiger charge is -2.56. The van der Waals surface area contributed by atoms with Gasteiger partial charge < -0.3 is 19.3 Å². The van der Waals surface area contributed by atoms with Crippen LogP contribution in [0, 0.1) is 28.6 Å². The zero-order valence-corrected chi connectivity index (χ0v) is 15.6. The minimum atomic E-state index is -0.529. The van der Waals surface area contributed by atoms with Crippen molar-refractivity contribution in [3.8, 4) is 0 Å². The summed E-state index contributed by atoms with van der Waals surface area (Å²) in [5.41, 5.74) is 1.43. The van der Waals surface area contributed by atoms with Crippen molar-refractivity contribution in [3.63, 3.8) is 0 Å². The molecule has 0 bridgehead atoms. The average molecular weight is 358 g/mol. The molecule has 5 fully saturated rings. The van der Waals surface area contributed by atoms with Crippen LogP contribution in [0.25, 0.3) is 0 Å². The minimum absolute atomic E-state index is 0.0106. The van der Waals surface area contributed by atoms with Crippen LogP contribution in [0.2, 0.25) is 0 Å². The van der Waals surface area contributed by atoms with Crippen LogP contribution in [0.5, 0.6) is 0 Å². The standard InChI is InChI=1S/C21H26O5/c1-9(2)20-15(26-20)13-7-19(13)18(3)5-4-10-11(8-24-16(10)22)12(18)6-14-21(19,25-14)17(20)23/h9,12-15,17,23H,4-8H2,1-3H3/t12-,13-,14-,15-,17+,18-,19-,20?,21+/m0/s1. The molecule has 9 atom stereocenters. The number of cyclic esters (lactones) is 1. The molecule has 5 nitrogen and oxygen atoms in total. The largest absolute Gasteiger partial charge is 0.458 e. The molecule has 7 rings (SSSR count). The molecule has 0 aromatic heterocycles. The monoisotopic (exact) mass is 358 g/mol. The third-order valence-electron chi connectivity index (χ3n) is 9.84. The van der Waals surface area contributed by atoms with Crippen LogP contribution in [0.3, 0.4) is 0 Å². The third kappa shape index (κ3) is 1.15. The number of rotatable bonds is 1. The van der Waals surface area contributed by atoms with Gasteiger partial charge in [-0.1, -0.05) is 20.8 Å². The van der Waals surface area contributed by atoms with Crippen LogP contribution >= 0.6 is 0 Å². The molecule has 0 aromatic carbocycles. The number of carbonyl (C=O) groups is 1. The molecular weight excluding hydrogens is 332 g/mol. The predicted molar refractivity (Wildman–Crippen MR) is 90.0 cm³/mol. The van der Waals surface area contributed by atoms with Gasteiger partial charge in [-0.15, -0.1) is 0 Å². The molecule has 3 saturated carbocycles. The number of aliphatic hydroxyl groups is 1. The van der Waals surface area contributed by atoms with Gasteiger partial charge in [0, 0.05) is 11.0 Å². The zero-order chi connectivity index (χ0) is 17.9. The molecule has 26 heavy (non-hydrogen) atoms. The molecule has 5 heteroatoms. The van der Waals surface area contributed by atoms with E-state index >= 15 is 0 Å². The molecule has 1 N–H and O–H groups in total. The normalized spacial score (nSPS) is 63.1. The topological polar surface area (TPSA) is 71.6 Å². The molecule has 140 valence electrons. The average Bonchev–Trinajstić information content (AvgIpc) is 3.47. The Labute approximate surface area is 153 Å². The van der Waals surface area contributed by atoms with Crippen LogP contribution in [-0.4, -0.2) is 47.2 Å². The quantitative estimate of drug-likeness (QED) is 0.573. The number of carbonyl (C=O) groups excluding carboxylic acids is 1. The van der Waals surface area contributed by atoms with Gasteiger partial charge in [-0.05, 0) is 54.4 Å². The van der Waals surface area contributed by atoms with E-state index in [0.717, 1.165) is 31.3 Å². The van der Waals surface area contributed by atoms with Crippen LogP contribution in [0.1, 0.15) is 46.5 Å². The number of ether oxygens (including phenoxy) is 3. The highest BCUT2D eigenvalue weighted by atomic mass is 16.7. The first-order valence-corrected chi connectivity index (χ1v) is 10.3. The Morgan fingerprint density at radius 3 is 2.85 bits per heavy atom. The van der Waals surface area contributed by atoms with Crippen molar-refractivity contribution in [3.05, 3.63) is 11.1 Å². The van der Waals surface area contributed by atoms with E-state index in [2.05, 4.69) is 20.8 Å². The van der Waals surface area contributed by atoms with E-state index in [4.69, 9.17) is 14.2 Å². The first-order valence-electron chi connectivity index (χ1n) is 10.3. The summed E-state index contributed by atoms with van der Waals surface area (Å²) < 4.78 is 18.1. The van der Waals surface area contributed by atoms with Crippen LogP contribution in [0.15, 0.2) is 11.1 Å². The summed E-state index contributed by atoms with van der Waals surface area (Å²) in [6.07, 6.45) is 3.57. The fourth-order valence-electron chi connectivity index (χ4n) is 8.54. The third-order valence-corrected chi connectivity index (χ3v) is 9.84. The maximum absolute atomic E-state index is 12.1. The van der Waals surface area contributed by atoms with Crippen molar-refractivity contribution in [1.82, 2.24) is 0 Å². The fourth-order valence-corrected chi connectivity index (χ4v) is 8.54. The maximum Gasteiger partial charge on any atom is 0.334 e. The number of fused-ring (bicyclic) bond motifs is 4. The molecule has 0 aromatic rings.